The molecule has 0 spiro atoms. The second-order valence-electron chi connectivity index (χ2n) is 12.9. The van der Waals surface area contributed by atoms with E-state index in [2.05, 4.69) is 51.5 Å². The highest BCUT2D eigenvalue weighted by Crippen LogP contribution is 2.39. The van der Waals surface area contributed by atoms with Crippen LogP contribution in [0, 0.1) is 6.92 Å². The highest BCUT2D eigenvalue weighted by atomic mass is 32.2. The van der Waals surface area contributed by atoms with E-state index >= 15 is 0 Å². The lowest BCUT2D eigenvalue weighted by atomic mass is 9.95. The Labute approximate surface area is 285 Å². The van der Waals surface area contributed by atoms with E-state index < -0.39 is 24.1 Å². The van der Waals surface area contributed by atoms with Crippen LogP contribution >= 0.6 is 22.7 Å². The number of hydrogen-bond donors (Lipinski definition) is 0. The molecule has 1 saturated heterocycles. The Bertz CT molecular complexity index is 1910. The van der Waals surface area contributed by atoms with Gasteiger partial charge in [0, 0.05) is 39.7 Å². The molecule has 47 heavy (non-hydrogen) atoms. The number of rotatable bonds is 12. The Hall–Kier alpha value is -3.02. The predicted molar refractivity (Wildman–Crippen MR) is 190 cm³/mol. The molecule has 1 fully saturated rings. The third-order valence-electron chi connectivity index (χ3n) is 7.99. The molecule has 0 bridgehead atoms. The van der Waals surface area contributed by atoms with Gasteiger partial charge in [0.1, 0.15) is 6.73 Å². The Morgan fingerprint density at radius 1 is 1.15 bits per heavy atom. The lowest BCUT2D eigenvalue weighted by Gasteiger charge is -2.29. The largest absolute Gasteiger partial charge is 0.461 e. The molecule has 0 unspecified atom stereocenters. The van der Waals surface area contributed by atoms with Crippen LogP contribution in [0.1, 0.15) is 46.6 Å². The number of esters is 1. The van der Waals surface area contributed by atoms with Crippen molar-refractivity contribution in [3.63, 3.8) is 0 Å². The van der Waals surface area contributed by atoms with E-state index in [9.17, 15) is 13.2 Å². The Morgan fingerprint density at radius 3 is 2.53 bits per heavy atom. The summed E-state index contributed by atoms with van der Waals surface area (Å²) in [7, 11) is -2.64. The maximum Gasteiger partial charge on any atom is 0.358 e. The van der Waals surface area contributed by atoms with Crippen molar-refractivity contribution in [3.8, 4) is 0 Å². The van der Waals surface area contributed by atoms with Gasteiger partial charge in [-0.2, -0.15) is 4.99 Å². The van der Waals surface area contributed by atoms with Crippen LogP contribution < -0.4 is 9.70 Å². The molecule has 0 radical (unpaired) electrons. The fourth-order valence-electron chi connectivity index (χ4n) is 5.23. The summed E-state index contributed by atoms with van der Waals surface area (Å²) in [5.41, 5.74) is 2.17. The number of fused-ring (bicyclic) bond motifs is 1. The summed E-state index contributed by atoms with van der Waals surface area (Å²) in [5.74, 6) is 0.576. The van der Waals surface area contributed by atoms with Crippen LogP contribution in [-0.2, 0) is 26.2 Å². The highest BCUT2D eigenvalue weighted by Gasteiger charge is 2.32. The van der Waals surface area contributed by atoms with Crippen molar-refractivity contribution < 1.29 is 22.7 Å². The molecule has 5 rings (SSSR count). The Morgan fingerprint density at radius 2 is 1.87 bits per heavy atom. The smallest absolute Gasteiger partial charge is 0.358 e. The van der Waals surface area contributed by atoms with E-state index in [1.54, 1.807) is 23.2 Å². The monoisotopic (exact) mass is 717 g/mol. The predicted octanol–water partition coefficient (Wildman–Crippen LogP) is 5.89. The Balaban J connectivity index is 1.41. The zero-order valence-corrected chi connectivity index (χ0v) is 31.5. The number of carbonyl (C=O) groups is 1. The van der Waals surface area contributed by atoms with E-state index in [0.29, 0.717) is 56.0 Å². The topological polar surface area (TPSA) is 132 Å². The van der Waals surface area contributed by atoms with Gasteiger partial charge in [-0.15, -0.1) is 21.5 Å². The van der Waals surface area contributed by atoms with Crippen molar-refractivity contribution in [1.82, 2.24) is 24.1 Å². The molecule has 0 saturated carbocycles. The summed E-state index contributed by atoms with van der Waals surface area (Å²) in [5, 5.41) is 9.57. The first-order valence-corrected chi connectivity index (χ1v) is 22.9. The van der Waals surface area contributed by atoms with Gasteiger partial charge in [0.2, 0.25) is 10.0 Å². The van der Waals surface area contributed by atoms with Gasteiger partial charge in [-0.3, -0.25) is 4.57 Å². The minimum Gasteiger partial charge on any atom is -0.461 e. The normalized spacial score (nSPS) is 15.4. The molecule has 1 aromatic carbocycles. The number of para-hydroxylation sites is 1. The average molecular weight is 718 g/mol. The molecule has 0 N–H and O–H groups in total. The summed E-state index contributed by atoms with van der Waals surface area (Å²) in [6.07, 6.45) is 2.42. The number of aromatic nitrogens is 4. The molecule has 1 aliphatic rings. The van der Waals surface area contributed by atoms with E-state index in [1.807, 2.05) is 32.2 Å². The van der Waals surface area contributed by atoms with Gasteiger partial charge in [-0.05, 0) is 62.4 Å². The molecule has 4 heterocycles. The van der Waals surface area contributed by atoms with Crippen molar-refractivity contribution in [2.24, 2.45) is 4.99 Å². The number of hydrogen-bond acceptors (Lipinski definition) is 12. The molecule has 254 valence electrons. The zero-order chi connectivity index (χ0) is 33.9. The molecule has 0 amide bonds. The van der Waals surface area contributed by atoms with Crippen LogP contribution in [0.2, 0.25) is 25.7 Å². The van der Waals surface area contributed by atoms with E-state index in [-0.39, 0.29) is 18.2 Å². The molecule has 16 heteroatoms. The fourth-order valence-corrected chi connectivity index (χ4v) is 9.07. The number of piperidine rings is 1. The lowest BCUT2D eigenvalue weighted by Crippen LogP contribution is -2.37. The minimum absolute atomic E-state index is 0.00595. The van der Waals surface area contributed by atoms with Gasteiger partial charge < -0.3 is 14.4 Å². The molecular weight excluding hydrogens is 675 g/mol. The number of aryl methyl sites for hydroxylation is 1. The molecule has 12 nitrogen and oxygen atoms in total. The van der Waals surface area contributed by atoms with Crippen molar-refractivity contribution in [2.75, 3.05) is 44.5 Å². The first-order chi connectivity index (χ1) is 22.2. The molecule has 3 aromatic heterocycles. The first-order valence-electron chi connectivity index (χ1n) is 15.7. The van der Waals surface area contributed by atoms with Crippen molar-refractivity contribution in [3.05, 3.63) is 51.3 Å². The minimum atomic E-state index is -3.27. The van der Waals surface area contributed by atoms with Gasteiger partial charge in [-0.1, -0.05) is 43.1 Å². The number of ether oxygens (including phenoxy) is 2. The highest BCUT2D eigenvalue weighted by molar-refractivity contribution is 7.88. The Kier molecular flexibility index (Phi) is 11.0. The fraction of sp³-hybridized carbons (Fsp3) is 0.516. The van der Waals surface area contributed by atoms with Crippen LogP contribution in [0.5, 0.6) is 0 Å². The third kappa shape index (κ3) is 8.53. The van der Waals surface area contributed by atoms with Gasteiger partial charge in [0.15, 0.2) is 27.3 Å². The first kappa shape index (κ1) is 35.3. The number of sulfonamides is 1. The van der Waals surface area contributed by atoms with Crippen molar-refractivity contribution in [2.45, 2.75) is 65.0 Å². The number of anilines is 2. The maximum atomic E-state index is 12.9. The SMILES string of the molecule is CCOC(=O)c1nc(N(C)c2cc(C)c(/N=c3\sc4ccccc4n3COCC[Si](C)(C)C)nn2)sc1C1CCN(S(C)(=O)=O)CC1. The summed E-state index contributed by atoms with van der Waals surface area (Å²) in [4.78, 5) is 25.9. The summed E-state index contributed by atoms with van der Waals surface area (Å²) in [6, 6.07) is 11.2. The second-order valence-corrected chi connectivity index (χ2v) is 22.5. The van der Waals surface area contributed by atoms with Crippen molar-refractivity contribution >= 4 is 73.7 Å². The van der Waals surface area contributed by atoms with Gasteiger partial charge in [0.05, 0.1) is 23.1 Å². The van der Waals surface area contributed by atoms with Crippen LogP contribution in [0.25, 0.3) is 10.2 Å². The summed E-state index contributed by atoms with van der Waals surface area (Å²) >= 11 is 2.98. The van der Waals surface area contributed by atoms with Crippen molar-refractivity contribution in [1.29, 1.82) is 0 Å². The number of thiazole rings is 2. The zero-order valence-electron chi connectivity index (χ0n) is 28.0. The van der Waals surface area contributed by atoms with Crippen LogP contribution in [0.15, 0.2) is 35.3 Å². The molecule has 0 aliphatic carbocycles. The summed E-state index contributed by atoms with van der Waals surface area (Å²) in [6.45, 7) is 12.9. The van der Waals surface area contributed by atoms with Gasteiger partial charge >= 0.3 is 5.97 Å². The van der Waals surface area contributed by atoms with Crippen LogP contribution in [-0.4, -0.2) is 86.1 Å². The quantitative estimate of drug-likeness (QED) is 0.100. The summed E-state index contributed by atoms with van der Waals surface area (Å²) < 4.78 is 40.2. The average Bonchev–Trinajstić information content (AvgIpc) is 3.61. The maximum absolute atomic E-state index is 12.9. The third-order valence-corrected chi connectivity index (χ3v) is 13.3. The molecule has 4 aromatic rings. The van der Waals surface area contributed by atoms with Crippen LogP contribution in [0.4, 0.5) is 16.8 Å². The van der Waals surface area contributed by atoms with Gasteiger partial charge in [-0.25, -0.2) is 22.5 Å². The molecule has 0 atom stereocenters. The number of nitrogens with zero attached hydrogens (tertiary/aromatic N) is 7. The van der Waals surface area contributed by atoms with E-state index in [0.717, 1.165) is 31.5 Å². The standard InChI is InChI=1S/C31H43N7O5S3Si/c1-8-43-29(39)26-27(22-13-15-37(16-14-22)46(4,40)41)45-30(32-26)36(3)25-19-21(2)28(35-34-25)33-31-38(20-42-17-18-47(5,6)7)23-11-9-10-12-24(23)44-31/h9-12,19,22H,8,13-18,20H2,1-7H3/b33-31-. The lowest BCUT2D eigenvalue weighted by molar-refractivity contribution is 0.0518. The second kappa shape index (κ2) is 14.6. The number of benzene rings is 1. The number of carbonyl (C=O) groups excluding carboxylic acids is 1. The van der Waals surface area contributed by atoms with Gasteiger partial charge in [0.25, 0.3) is 0 Å². The molecular formula is C31H43N7O5S3Si. The van der Waals surface area contributed by atoms with E-state index in [1.165, 1.54) is 21.9 Å². The van der Waals surface area contributed by atoms with Crippen LogP contribution in [0.3, 0.4) is 0 Å². The molecule has 1 aliphatic heterocycles. The van der Waals surface area contributed by atoms with E-state index in [4.69, 9.17) is 14.5 Å².